The number of amides is 2. The number of nitrogens with two attached hydrogens (primary N) is 1. The number of hydrogen-bond donors (Lipinski definition) is 2. The van der Waals surface area contributed by atoms with Gasteiger partial charge in [0.15, 0.2) is 0 Å². The quantitative estimate of drug-likeness (QED) is 0.225. The molecule has 0 spiro atoms. The minimum atomic E-state index is -0.647. The molecule has 1 aromatic carbocycles. The molecule has 0 radical (unpaired) electrons. The normalized spacial score (nSPS) is 17.7. The summed E-state index contributed by atoms with van der Waals surface area (Å²) in [6.45, 7) is 13.9. The Kier molecular flexibility index (Phi) is 8.85. The van der Waals surface area contributed by atoms with E-state index in [9.17, 15) is 9.59 Å². The zero-order valence-corrected chi connectivity index (χ0v) is 26.6. The van der Waals surface area contributed by atoms with Crippen molar-refractivity contribution >= 4 is 51.2 Å². The number of furan rings is 1. The molecule has 13 heteroatoms. The number of carbonyl (C=O) groups is 2. The summed E-state index contributed by atoms with van der Waals surface area (Å²) in [4.78, 5) is 42.5. The molecule has 12 nitrogen and oxygen atoms in total. The summed E-state index contributed by atoms with van der Waals surface area (Å²) < 4.78 is 17.4. The van der Waals surface area contributed by atoms with Crippen molar-refractivity contribution in [3.05, 3.63) is 47.1 Å². The summed E-state index contributed by atoms with van der Waals surface area (Å²) in [6.07, 6.45) is 0.542. The number of nitrogens with zero attached hydrogens (tertiary/aromatic N) is 5. The first-order valence-corrected chi connectivity index (χ1v) is 15.1. The molecule has 44 heavy (non-hydrogen) atoms. The fourth-order valence-corrected chi connectivity index (χ4v) is 5.73. The molecule has 2 amide bonds. The number of primary amides is 1. The van der Waals surface area contributed by atoms with E-state index in [-0.39, 0.29) is 35.0 Å². The van der Waals surface area contributed by atoms with E-state index < -0.39 is 11.5 Å². The number of fused-ring (bicyclic) bond motifs is 3. The van der Waals surface area contributed by atoms with Crippen molar-refractivity contribution in [2.75, 3.05) is 25.0 Å². The van der Waals surface area contributed by atoms with Crippen LogP contribution in [0.5, 0.6) is 11.8 Å². The maximum Gasteiger partial charge on any atom is 0.410 e. The van der Waals surface area contributed by atoms with Gasteiger partial charge in [0.2, 0.25) is 17.5 Å². The van der Waals surface area contributed by atoms with Gasteiger partial charge in [-0.2, -0.15) is 4.98 Å². The molecule has 4 aromatic rings. The number of aromatic nitrogens is 3. The molecule has 1 fully saturated rings. The van der Waals surface area contributed by atoms with Gasteiger partial charge >= 0.3 is 6.09 Å². The lowest BCUT2D eigenvalue weighted by molar-refractivity contribution is -0.0166. The van der Waals surface area contributed by atoms with Crippen LogP contribution < -0.4 is 15.8 Å². The number of ether oxygens (including phenoxy) is 2. The number of nitrogens with one attached hydrogen (secondary N) is 1. The summed E-state index contributed by atoms with van der Waals surface area (Å²) in [7, 11) is 0. The van der Waals surface area contributed by atoms with Gasteiger partial charge in [0, 0.05) is 49.2 Å². The van der Waals surface area contributed by atoms with Gasteiger partial charge in [0.05, 0.1) is 23.1 Å². The Hall–Kier alpha value is -4.16. The lowest BCUT2D eigenvalue weighted by atomic mass is 10.1. The first-order chi connectivity index (χ1) is 20.8. The van der Waals surface area contributed by atoms with Crippen LogP contribution >= 0.6 is 11.6 Å². The van der Waals surface area contributed by atoms with Crippen LogP contribution in [-0.2, 0) is 11.3 Å². The van der Waals surface area contributed by atoms with Gasteiger partial charge in [0.1, 0.15) is 22.2 Å². The van der Waals surface area contributed by atoms with Gasteiger partial charge in [0.25, 0.3) is 5.91 Å². The second-order valence-corrected chi connectivity index (χ2v) is 12.5. The standard InChI is InChI=1S/C31H38ClN7O5/c1-7-12-34-27-26-19-8-11-24(35-20(19)9-10-21(26)42-28(27)29(33)40)43-25-13-22(32)36-23(37-25)16-38-14-17(2)39(18(3)15-38)30(41)44-31(4,5)6/h8-11,13,17-18,34H,7,12,14-16H2,1-6H3,(H2,33,40). The van der Waals surface area contributed by atoms with E-state index in [4.69, 9.17) is 31.2 Å². The van der Waals surface area contributed by atoms with Crippen LogP contribution in [-0.4, -0.2) is 74.1 Å². The molecule has 0 saturated carbocycles. The maximum atomic E-state index is 12.8. The van der Waals surface area contributed by atoms with Crippen LogP contribution in [0.4, 0.5) is 10.5 Å². The van der Waals surface area contributed by atoms with Gasteiger partial charge < -0.3 is 29.8 Å². The minimum absolute atomic E-state index is 0.0660. The Labute approximate surface area is 260 Å². The third-order valence-corrected chi connectivity index (χ3v) is 7.36. The zero-order chi connectivity index (χ0) is 31.8. The molecule has 2 unspecified atom stereocenters. The van der Waals surface area contributed by atoms with Crippen molar-refractivity contribution in [2.45, 2.75) is 72.2 Å². The van der Waals surface area contributed by atoms with Crippen LogP contribution in [0.2, 0.25) is 5.15 Å². The molecule has 2 atom stereocenters. The highest BCUT2D eigenvalue weighted by molar-refractivity contribution is 6.29. The Bertz CT molecular complexity index is 1690. The third-order valence-electron chi connectivity index (χ3n) is 7.16. The Morgan fingerprint density at radius 1 is 1.09 bits per heavy atom. The Balaban J connectivity index is 1.34. The van der Waals surface area contributed by atoms with Crippen molar-refractivity contribution in [3.63, 3.8) is 0 Å². The average Bonchev–Trinajstić information content (AvgIpc) is 3.29. The van der Waals surface area contributed by atoms with E-state index >= 15 is 0 Å². The number of halogens is 1. The monoisotopic (exact) mass is 623 g/mol. The van der Waals surface area contributed by atoms with Gasteiger partial charge in [-0.1, -0.05) is 18.5 Å². The molecule has 0 bridgehead atoms. The Morgan fingerprint density at radius 3 is 2.48 bits per heavy atom. The highest BCUT2D eigenvalue weighted by Crippen LogP contribution is 2.37. The molecule has 234 valence electrons. The second kappa shape index (κ2) is 12.4. The number of piperazine rings is 1. The third kappa shape index (κ3) is 6.81. The molecule has 1 aliphatic rings. The fraction of sp³-hybridized carbons (Fsp3) is 0.452. The predicted octanol–water partition coefficient (Wildman–Crippen LogP) is 5.97. The van der Waals surface area contributed by atoms with Crippen LogP contribution in [0.25, 0.3) is 21.9 Å². The largest absolute Gasteiger partial charge is 0.449 e. The van der Waals surface area contributed by atoms with Crippen LogP contribution in [0, 0.1) is 0 Å². The molecule has 0 aliphatic carbocycles. The van der Waals surface area contributed by atoms with Crippen LogP contribution in [0.1, 0.15) is 64.3 Å². The first kappa shape index (κ1) is 31.3. The number of carbonyl (C=O) groups excluding carboxylic acids is 2. The van der Waals surface area contributed by atoms with E-state index in [2.05, 4.69) is 25.2 Å². The summed E-state index contributed by atoms with van der Waals surface area (Å²) >= 11 is 6.37. The van der Waals surface area contributed by atoms with Crippen LogP contribution in [0.3, 0.4) is 0 Å². The van der Waals surface area contributed by atoms with Crippen molar-refractivity contribution in [2.24, 2.45) is 5.73 Å². The number of rotatable bonds is 8. The lowest BCUT2D eigenvalue weighted by Gasteiger charge is -2.44. The molecule has 5 rings (SSSR count). The maximum absolute atomic E-state index is 12.8. The van der Waals surface area contributed by atoms with E-state index in [1.165, 1.54) is 6.07 Å². The van der Waals surface area contributed by atoms with Gasteiger partial charge in [-0.3, -0.25) is 9.69 Å². The smallest absolute Gasteiger partial charge is 0.410 e. The van der Waals surface area contributed by atoms with Gasteiger partial charge in [-0.05, 0) is 59.2 Å². The summed E-state index contributed by atoms with van der Waals surface area (Å²) in [5, 5.41) is 5.01. The highest BCUT2D eigenvalue weighted by atomic mass is 35.5. The topological polar surface area (TPSA) is 149 Å². The van der Waals surface area contributed by atoms with E-state index in [1.807, 2.05) is 47.6 Å². The fourth-order valence-electron chi connectivity index (χ4n) is 5.54. The minimum Gasteiger partial charge on any atom is -0.449 e. The number of pyridine rings is 1. The summed E-state index contributed by atoms with van der Waals surface area (Å²) in [5.74, 6) is 0.494. The predicted molar refractivity (Wildman–Crippen MR) is 168 cm³/mol. The van der Waals surface area contributed by atoms with Crippen molar-refractivity contribution in [3.8, 4) is 11.8 Å². The molecule has 1 saturated heterocycles. The molecular weight excluding hydrogens is 586 g/mol. The lowest BCUT2D eigenvalue weighted by Crippen LogP contribution is -2.59. The highest BCUT2D eigenvalue weighted by Gasteiger charge is 2.35. The molecule has 3 N–H and O–H groups in total. The van der Waals surface area contributed by atoms with Crippen molar-refractivity contribution < 1.29 is 23.5 Å². The summed E-state index contributed by atoms with van der Waals surface area (Å²) in [5.41, 5.74) is 6.74. The number of anilines is 1. The SMILES string of the molecule is CCCNc1c(C(N)=O)oc2ccc3nc(Oc4cc(Cl)nc(CN5CC(C)N(C(=O)OC(C)(C)C)C(C)C5)n4)ccc3c12. The number of benzene rings is 1. The average molecular weight is 624 g/mol. The molecule has 3 aromatic heterocycles. The molecule has 1 aliphatic heterocycles. The van der Waals surface area contributed by atoms with E-state index in [1.54, 1.807) is 23.1 Å². The van der Waals surface area contributed by atoms with Crippen LogP contribution in [0.15, 0.2) is 34.7 Å². The first-order valence-electron chi connectivity index (χ1n) is 14.7. The molecular formula is C31H38ClN7O5. The summed E-state index contributed by atoms with van der Waals surface area (Å²) in [6, 6.07) is 8.52. The van der Waals surface area contributed by atoms with Gasteiger partial charge in [-0.15, -0.1) is 0 Å². The second-order valence-electron chi connectivity index (χ2n) is 12.1. The van der Waals surface area contributed by atoms with Crippen molar-refractivity contribution in [1.82, 2.24) is 24.8 Å². The van der Waals surface area contributed by atoms with Gasteiger partial charge in [-0.25, -0.2) is 14.8 Å². The Morgan fingerprint density at radius 2 is 1.82 bits per heavy atom. The number of hydrogen-bond acceptors (Lipinski definition) is 10. The zero-order valence-electron chi connectivity index (χ0n) is 25.8. The van der Waals surface area contributed by atoms with Crippen molar-refractivity contribution in [1.29, 1.82) is 0 Å². The van der Waals surface area contributed by atoms with E-state index in [0.717, 1.165) is 17.2 Å². The van der Waals surface area contributed by atoms with E-state index in [0.29, 0.717) is 54.7 Å². The molecule has 4 heterocycles.